The standard InChI is InChI=1S/C44H52N4O16.Co/c1-20-44-40-25(14-37(59)60)41(2,12-11-35(55)56)30(47-40)16-27-21(5-8-32(49)50)22(13-36(57)58)26(45-27)15-28-23(6-9-33(51)52)42(3,18-38(61)62)31(46-28)17-29(48-44)24(7-10-34(53)54)43(44,4)19-39(63)64-20;/h15-17,20,22-25H,5-14,18-19H2,1-4H3,(H8,45,46,48,49,50,51,52,53,54,55,56,57,58,59,60,61,62);/q;+2/p-1. The first-order valence-electron chi connectivity index (χ1n) is 21.0. The molecule has 0 aromatic rings. The number of hydrogen-bond acceptors (Lipinski definition) is 12. The normalized spacial score (nSPS) is 32.1. The quantitative estimate of drug-likeness (QED) is 0.0879. The second-order valence-electron chi connectivity index (χ2n) is 18.2. The molecule has 351 valence electrons. The van der Waals surface area contributed by atoms with Crippen LogP contribution in [0.5, 0.6) is 0 Å². The number of cyclic esters (lactones) is 1. The summed E-state index contributed by atoms with van der Waals surface area (Å²) in [6, 6.07) is 0. The van der Waals surface area contributed by atoms with Crippen LogP contribution in [0.25, 0.3) is 5.32 Å². The molecule has 9 atom stereocenters. The molecule has 6 heterocycles. The number of esters is 1. The van der Waals surface area contributed by atoms with Crippen molar-refractivity contribution in [3.05, 3.63) is 51.9 Å². The fourth-order valence-corrected chi connectivity index (χ4v) is 11.1. The van der Waals surface area contributed by atoms with E-state index in [0.29, 0.717) is 0 Å². The summed E-state index contributed by atoms with van der Waals surface area (Å²) >= 11 is 0. The first-order valence-corrected chi connectivity index (χ1v) is 21.0. The minimum absolute atomic E-state index is 0. The number of aliphatic imine (C=N–C) groups is 3. The number of allylic oxidation sites excluding steroid dienone is 7. The Labute approximate surface area is 382 Å². The van der Waals surface area contributed by atoms with E-state index in [4.69, 9.17) is 25.0 Å². The van der Waals surface area contributed by atoms with Crippen molar-refractivity contribution in [3.63, 3.8) is 0 Å². The summed E-state index contributed by atoms with van der Waals surface area (Å²) in [5.74, 6) is -13.5. The van der Waals surface area contributed by atoms with E-state index in [0.717, 1.165) is 0 Å². The van der Waals surface area contributed by atoms with Crippen LogP contribution in [0, 0.1) is 39.9 Å². The molecule has 6 aliphatic heterocycles. The molecule has 6 rings (SSSR count). The van der Waals surface area contributed by atoms with Gasteiger partial charge in [0.05, 0.1) is 37.1 Å². The molecule has 0 saturated carbocycles. The van der Waals surface area contributed by atoms with Gasteiger partial charge in [0, 0.05) is 71.4 Å². The molecule has 7 N–H and O–H groups in total. The van der Waals surface area contributed by atoms with Crippen LogP contribution < -0.4 is 0 Å². The summed E-state index contributed by atoms with van der Waals surface area (Å²) in [7, 11) is 0. The third-order valence-corrected chi connectivity index (χ3v) is 14.2. The van der Waals surface area contributed by atoms with Crippen molar-refractivity contribution < 1.29 is 95.6 Å². The second-order valence-corrected chi connectivity index (χ2v) is 18.2. The van der Waals surface area contributed by atoms with Crippen LogP contribution >= 0.6 is 0 Å². The summed E-state index contributed by atoms with van der Waals surface area (Å²) < 4.78 is 5.94. The van der Waals surface area contributed by atoms with Gasteiger partial charge >= 0.3 is 64.5 Å². The molecule has 65 heavy (non-hydrogen) atoms. The van der Waals surface area contributed by atoms with Crippen LogP contribution in [-0.4, -0.2) is 112 Å². The molecule has 8 bridgehead atoms. The maximum atomic E-state index is 13.6. The Morgan fingerprint density at radius 1 is 0.708 bits per heavy atom. The van der Waals surface area contributed by atoms with Crippen LogP contribution in [0.2, 0.25) is 0 Å². The Balaban J connectivity index is 0.00000793. The van der Waals surface area contributed by atoms with E-state index in [-0.39, 0.29) is 94.4 Å². The molecule has 1 spiro atoms. The Hall–Kier alpha value is -5.96. The van der Waals surface area contributed by atoms with Gasteiger partial charge in [-0.25, -0.2) is 0 Å². The van der Waals surface area contributed by atoms with Gasteiger partial charge in [-0.2, -0.15) is 11.4 Å². The molecule has 20 nitrogen and oxygen atoms in total. The number of aliphatic carboxylic acids is 7. The number of ether oxygens (including phenoxy) is 1. The monoisotopic (exact) mass is 950 g/mol. The Morgan fingerprint density at radius 3 is 1.88 bits per heavy atom. The average Bonchev–Trinajstić information content (AvgIpc) is 3.78. The molecule has 6 aliphatic rings. The number of carbonyl (C=O) groups is 8. The fraction of sp³-hybridized carbons (Fsp3) is 0.568. The predicted octanol–water partition coefficient (Wildman–Crippen LogP) is 5.10. The van der Waals surface area contributed by atoms with Gasteiger partial charge in [0.2, 0.25) is 0 Å². The molecular weight excluding hydrogens is 899 g/mol. The van der Waals surface area contributed by atoms with Gasteiger partial charge in [-0.1, -0.05) is 32.9 Å². The van der Waals surface area contributed by atoms with Crippen molar-refractivity contribution >= 4 is 64.9 Å². The summed E-state index contributed by atoms with van der Waals surface area (Å²) in [6.45, 7) is 6.45. The van der Waals surface area contributed by atoms with E-state index in [9.17, 15) is 74.1 Å². The number of rotatable bonds is 18. The number of hydrogen-bond donors (Lipinski definition) is 7. The third-order valence-electron chi connectivity index (χ3n) is 14.2. The first kappa shape index (κ1) is 50.0. The van der Waals surface area contributed by atoms with E-state index in [1.807, 2.05) is 0 Å². The predicted molar refractivity (Wildman–Crippen MR) is 222 cm³/mol. The van der Waals surface area contributed by atoms with Gasteiger partial charge < -0.3 is 45.8 Å². The number of fused-ring (bicyclic) bond motifs is 4. The van der Waals surface area contributed by atoms with Crippen molar-refractivity contribution in [1.82, 2.24) is 0 Å². The minimum atomic E-state index is -1.77. The fourth-order valence-electron chi connectivity index (χ4n) is 11.1. The third kappa shape index (κ3) is 9.16. The van der Waals surface area contributed by atoms with Gasteiger partial charge in [-0.15, -0.1) is 0 Å². The molecule has 0 amide bonds. The molecule has 9 unspecified atom stereocenters. The summed E-state index contributed by atoms with van der Waals surface area (Å²) in [5, 5.41) is 75.8. The van der Waals surface area contributed by atoms with Crippen LogP contribution in [0.4, 0.5) is 0 Å². The van der Waals surface area contributed by atoms with Crippen LogP contribution in [-0.2, 0) is 59.9 Å². The SMILES string of the molecule is CC1OC(=O)CC2(C)C(CCC(=O)O)C3=NC12C1=NC(=CC2=C(CCC(=O)O)C(CC(=O)O)C(=N2)C=C2[N-]C(=C3)C(C)(CC(=O)O)C2CCC(=O)O)C(C)(CCC(=O)O)C1CC(=O)O.[Co+2]. The van der Waals surface area contributed by atoms with Crippen LogP contribution in [0.3, 0.4) is 0 Å². The van der Waals surface area contributed by atoms with Crippen molar-refractivity contribution in [2.45, 2.75) is 116 Å². The zero-order valence-electron chi connectivity index (χ0n) is 36.0. The van der Waals surface area contributed by atoms with Gasteiger partial charge in [0.25, 0.3) is 0 Å². The Morgan fingerprint density at radius 2 is 1.31 bits per heavy atom. The van der Waals surface area contributed by atoms with Crippen molar-refractivity contribution in [2.24, 2.45) is 54.9 Å². The molecule has 2 fully saturated rings. The van der Waals surface area contributed by atoms with Gasteiger partial charge in [0.1, 0.15) is 11.6 Å². The van der Waals surface area contributed by atoms with Gasteiger partial charge in [-0.3, -0.25) is 53.3 Å². The molecule has 2 saturated heterocycles. The summed E-state index contributed by atoms with van der Waals surface area (Å²) in [4.78, 5) is 116. The molecule has 0 aromatic carbocycles. The maximum Gasteiger partial charge on any atom is 2.00 e. The van der Waals surface area contributed by atoms with E-state index in [1.54, 1.807) is 27.7 Å². The van der Waals surface area contributed by atoms with E-state index in [2.05, 4.69) is 0 Å². The Bertz CT molecular complexity index is 2350. The summed E-state index contributed by atoms with van der Waals surface area (Å²) in [5.41, 5.74) is -5.13. The smallest absolute Gasteiger partial charge is 0.664 e. The molecule has 0 aliphatic carbocycles. The maximum absolute atomic E-state index is 13.6. The number of carboxylic acids is 7. The zero-order valence-corrected chi connectivity index (χ0v) is 37.1. The Kier molecular flexibility index (Phi) is 14.2. The minimum Gasteiger partial charge on any atom is -0.664 e. The van der Waals surface area contributed by atoms with E-state index in [1.165, 1.54) is 18.2 Å². The topological polar surface area (TPSA) is 339 Å². The number of carbonyl (C=O) groups excluding carboxylic acids is 1. The first-order chi connectivity index (χ1) is 29.9. The van der Waals surface area contributed by atoms with E-state index < -0.39 is 144 Å². The largest absolute Gasteiger partial charge is 2.00 e. The van der Waals surface area contributed by atoms with E-state index >= 15 is 0 Å². The van der Waals surface area contributed by atoms with Crippen LogP contribution in [0.1, 0.15) is 105 Å². The molecule has 1 radical (unpaired) electrons. The van der Waals surface area contributed by atoms with Crippen molar-refractivity contribution in [3.8, 4) is 0 Å². The van der Waals surface area contributed by atoms with Gasteiger partial charge in [-0.05, 0) is 55.6 Å². The van der Waals surface area contributed by atoms with Crippen LogP contribution in [0.15, 0.2) is 61.6 Å². The second kappa shape index (κ2) is 18.5. The van der Waals surface area contributed by atoms with Crippen molar-refractivity contribution in [1.29, 1.82) is 0 Å². The molecule has 0 aromatic heterocycles. The van der Waals surface area contributed by atoms with Crippen molar-refractivity contribution in [2.75, 3.05) is 0 Å². The zero-order chi connectivity index (χ0) is 47.3. The number of nitrogens with zero attached hydrogens (tertiary/aromatic N) is 4. The molecule has 21 heteroatoms. The van der Waals surface area contributed by atoms with Gasteiger partial charge in [0.15, 0.2) is 0 Å². The number of carboxylic acid groups (broad SMARTS) is 7. The molecular formula is C44H51CoN4O16+. The summed E-state index contributed by atoms with van der Waals surface area (Å²) in [6.07, 6.45) is -1.51. The average molecular weight is 951 g/mol.